The Morgan fingerprint density at radius 2 is 1.60 bits per heavy atom. The number of hydrogen-bond acceptors (Lipinski definition) is 3. The van der Waals surface area contributed by atoms with Gasteiger partial charge in [-0.05, 0) is 29.8 Å². The van der Waals surface area contributed by atoms with E-state index in [4.69, 9.17) is 16.3 Å². The minimum Gasteiger partial charge on any atom is -0.457 e. The predicted octanol–water partition coefficient (Wildman–Crippen LogP) is 3.31. The lowest BCUT2D eigenvalue weighted by atomic mass is 10.1. The van der Waals surface area contributed by atoms with Crippen molar-refractivity contribution < 1.29 is 14.3 Å². The Morgan fingerprint density at radius 1 is 0.950 bits per heavy atom. The first kappa shape index (κ1) is 14.3. The molecule has 0 amide bonds. The molecule has 2 aromatic rings. The molecule has 0 fully saturated rings. The molecule has 0 atom stereocenters. The van der Waals surface area contributed by atoms with E-state index in [1.54, 1.807) is 24.3 Å². The van der Waals surface area contributed by atoms with E-state index in [1.165, 1.54) is 0 Å². The molecule has 0 aromatic heterocycles. The maximum Gasteiger partial charge on any atom is 0.310 e. The summed E-state index contributed by atoms with van der Waals surface area (Å²) in [7, 11) is 0. The third kappa shape index (κ3) is 4.21. The van der Waals surface area contributed by atoms with Crippen LogP contribution in [-0.4, -0.2) is 18.4 Å². The molecule has 0 saturated carbocycles. The number of rotatable bonds is 5. The highest BCUT2D eigenvalue weighted by atomic mass is 35.5. The van der Waals surface area contributed by atoms with Crippen molar-refractivity contribution in [1.29, 1.82) is 0 Å². The monoisotopic (exact) mass is 288 g/mol. The van der Waals surface area contributed by atoms with Gasteiger partial charge in [-0.25, -0.2) is 0 Å². The molecule has 0 saturated heterocycles. The van der Waals surface area contributed by atoms with Crippen molar-refractivity contribution in [3.63, 3.8) is 0 Å². The van der Waals surface area contributed by atoms with E-state index < -0.39 is 5.97 Å². The van der Waals surface area contributed by atoms with E-state index >= 15 is 0 Å². The van der Waals surface area contributed by atoms with Crippen molar-refractivity contribution in [2.24, 2.45) is 0 Å². The van der Waals surface area contributed by atoms with E-state index in [0.29, 0.717) is 10.6 Å². The van der Waals surface area contributed by atoms with Gasteiger partial charge in [-0.1, -0.05) is 41.9 Å². The van der Waals surface area contributed by atoms with Gasteiger partial charge < -0.3 is 4.74 Å². The van der Waals surface area contributed by atoms with E-state index in [-0.39, 0.29) is 18.8 Å². The fourth-order valence-corrected chi connectivity index (χ4v) is 1.80. The fraction of sp³-hybridized carbons (Fsp3) is 0.125. The Balaban J connectivity index is 1.84. The third-order valence-electron chi connectivity index (χ3n) is 2.72. The van der Waals surface area contributed by atoms with E-state index in [2.05, 4.69) is 0 Å². The fourth-order valence-electron chi connectivity index (χ4n) is 1.68. The molecular formula is C16H13ClO3. The van der Waals surface area contributed by atoms with Crippen LogP contribution in [0, 0.1) is 0 Å². The summed E-state index contributed by atoms with van der Waals surface area (Å²) in [6.45, 7) is -0.257. The van der Waals surface area contributed by atoms with Crippen molar-refractivity contribution in [3.8, 4) is 0 Å². The minimum absolute atomic E-state index is 0.161. The zero-order valence-electron chi connectivity index (χ0n) is 10.7. The molecular weight excluding hydrogens is 276 g/mol. The number of halogens is 1. The Hall–Kier alpha value is -2.13. The van der Waals surface area contributed by atoms with Gasteiger partial charge in [-0.3, -0.25) is 9.59 Å². The van der Waals surface area contributed by atoms with Crippen LogP contribution in [0.5, 0.6) is 0 Å². The largest absolute Gasteiger partial charge is 0.457 e. The summed E-state index contributed by atoms with van der Waals surface area (Å²) < 4.78 is 4.97. The molecule has 0 aliphatic carbocycles. The van der Waals surface area contributed by atoms with Crippen molar-refractivity contribution in [2.75, 3.05) is 6.61 Å². The van der Waals surface area contributed by atoms with Crippen LogP contribution in [0.2, 0.25) is 5.02 Å². The maximum atomic E-state index is 11.8. The number of carbonyl (C=O) groups is 2. The van der Waals surface area contributed by atoms with Gasteiger partial charge >= 0.3 is 5.97 Å². The molecule has 102 valence electrons. The lowest BCUT2D eigenvalue weighted by Crippen LogP contribution is -2.15. The lowest BCUT2D eigenvalue weighted by molar-refractivity contribution is -0.141. The Morgan fingerprint density at radius 3 is 2.25 bits per heavy atom. The third-order valence-corrected chi connectivity index (χ3v) is 2.97. The van der Waals surface area contributed by atoms with Gasteiger partial charge in [0.2, 0.25) is 0 Å². The Kier molecular flexibility index (Phi) is 4.91. The molecule has 20 heavy (non-hydrogen) atoms. The van der Waals surface area contributed by atoms with Gasteiger partial charge in [0.05, 0.1) is 6.42 Å². The summed E-state index contributed by atoms with van der Waals surface area (Å²) in [6.07, 6.45) is 0.161. The average Bonchev–Trinajstić information content (AvgIpc) is 2.46. The molecule has 2 rings (SSSR count). The number of ether oxygens (including phenoxy) is 1. The van der Waals surface area contributed by atoms with E-state index in [9.17, 15) is 9.59 Å². The zero-order chi connectivity index (χ0) is 14.4. The van der Waals surface area contributed by atoms with Crippen LogP contribution in [0.4, 0.5) is 0 Å². The normalized spacial score (nSPS) is 10.1. The number of benzene rings is 2. The van der Waals surface area contributed by atoms with Gasteiger partial charge in [-0.15, -0.1) is 0 Å². The average molecular weight is 289 g/mol. The second-order valence-corrected chi connectivity index (χ2v) is 4.69. The first-order chi connectivity index (χ1) is 9.65. The van der Waals surface area contributed by atoms with Crippen LogP contribution in [-0.2, 0) is 16.0 Å². The summed E-state index contributed by atoms with van der Waals surface area (Å²) in [4.78, 5) is 23.4. The summed E-state index contributed by atoms with van der Waals surface area (Å²) >= 11 is 5.74. The van der Waals surface area contributed by atoms with Crippen LogP contribution in [0.15, 0.2) is 54.6 Å². The summed E-state index contributed by atoms with van der Waals surface area (Å²) in [5.74, 6) is -0.665. The highest BCUT2D eigenvalue weighted by Gasteiger charge is 2.10. The first-order valence-corrected chi connectivity index (χ1v) is 6.51. The van der Waals surface area contributed by atoms with Gasteiger partial charge in [0.1, 0.15) is 0 Å². The molecule has 0 bridgehead atoms. The number of esters is 1. The second kappa shape index (κ2) is 6.87. The SMILES string of the molecule is O=C(Cc1ccccc1)OCC(=O)c1ccc(Cl)cc1. The molecule has 2 aromatic carbocycles. The van der Waals surface area contributed by atoms with Crippen LogP contribution in [0.25, 0.3) is 0 Å². The van der Waals surface area contributed by atoms with Crippen molar-refractivity contribution in [2.45, 2.75) is 6.42 Å². The number of Topliss-reactive ketones (excluding diaryl/α,β-unsaturated/α-hetero) is 1. The molecule has 0 heterocycles. The summed E-state index contributed by atoms with van der Waals surface area (Å²) in [5, 5.41) is 0.558. The van der Waals surface area contributed by atoms with Gasteiger partial charge in [0, 0.05) is 10.6 Å². The number of hydrogen-bond donors (Lipinski definition) is 0. The lowest BCUT2D eigenvalue weighted by Gasteiger charge is -2.04. The Labute approximate surface area is 122 Å². The molecule has 0 N–H and O–H groups in total. The summed E-state index contributed by atoms with van der Waals surface area (Å²) in [6, 6.07) is 15.7. The second-order valence-electron chi connectivity index (χ2n) is 4.25. The topological polar surface area (TPSA) is 43.4 Å². The Bertz CT molecular complexity index is 591. The molecule has 0 aliphatic heterocycles. The molecule has 0 radical (unpaired) electrons. The first-order valence-electron chi connectivity index (χ1n) is 6.13. The predicted molar refractivity (Wildman–Crippen MR) is 76.9 cm³/mol. The van der Waals surface area contributed by atoms with Crippen LogP contribution < -0.4 is 0 Å². The quantitative estimate of drug-likeness (QED) is 0.626. The van der Waals surface area contributed by atoms with Crippen molar-refractivity contribution in [3.05, 3.63) is 70.7 Å². The maximum absolute atomic E-state index is 11.8. The van der Waals surface area contributed by atoms with Gasteiger partial charge in [-0.2, -0.15) is 0 Å². The highest BCUT2D eigenvalue weighted by molar-refractivity contribution is 6.30. The van der Waals surface area contributed by atoms with Crippen LogP contribution in [0.1, 0.15) is 15.9 Å². The zero-order valence-corrected chi connectivity index (χ0v) is 11.5. The highest BCUT2D eigenvalue weighted by Crippen LogP contribution is 2.10. The van der Waals surface area contributed by atoms with Crippen LogP contribution in [0.3, 0.4) is 0 Å². The minimum atomic E-state index is -0.418. The number of ketones is 1. The molecule has 0 spiro atoms. The van der Waals surface area contributed by atoms with E-state index in [0.717, 1.165) is 5.56 Å². The standard InChI is InChI=1S/C16H13ClO3/c17-14-8-6-13(7-9-14)15(18)11-20-16(19)10-12-4-2-1-3-5-12/h1-9H,10-11H2. The van der Waals surface area contributed by atoms with Gasteiger partial charge in [0.25, 0.3) is 0 Å². The van der Waals surface area contributed by atoms with Crippen molar-refractivity contribution in [1.82, 2.24) is 0 Å². The van der Waals surface area contributed by atoms with Crippen LogP contribution >= 0.6 is 11.6 Å². The van der Waals surface area contributed by atoms with E-state index in [1.807, 2.05) is 30.3 Å². The smallest absolute Gasteiger partial charge is 0.310 e. The summed E-state index contributed by atoms with van der Waals surface area (Å²) in [5.41, 5.74) is 1.33. The molecule has 3 nitrogen and oxygen atoms in total. The van der Waals surface area contributed by atoms with Crippen molar-refractivity contribution >= 4 is 23.4 Å². The molecule has 0 aliphatic rings. The number of carbonyl (C=O) groups excluding carboxylic acids is 2. The molecule has 4 heteroatoms. The molecule has 0 unspecified atom stereocenters. The van der Waals surface area contributed by atoms with Gasteiger partial charge in [0.15, 0.2) is 12.4 Å².